The Kier molecular flexibility index (Phi) is 7.35. The SMILES string of the molecule is NC(=O)CC(N)C(=O)NC(Cc1ccc(O)cc1)C(=O)NCC(=O)O. The van der Waals surface area contributed by atoms with Gasteiger partial charge in [-0.3, -0.25) is 19.2 Å². The Morgan fingerprint density at radius 3 is 2.20 bits per heavy atom. The summed E-state index contributed by atoms with van der Waals surface area (Å²) < 4.78 is 0. The van der Waals surface area contributed by atoms with Crippen LogP contribution in [0.15, 0.2) is 24.3 Å². The third-order valence-corrected chi connectivity index (χ3v) is 3.18. The summed E-state index contributed by atoms with van der Waals surface area (Å²) in [5, 5.41) is 22.4. The fraction of sp³-hybridized carbons (Fsp3) is 0.333. The number of carboxylic acids is 1. The van der Waals surface area contributed by atoms with Gasteiger partial charge in [-0.15, -0.1) is 0 Å². The van der Waals surface area contributed by atoms with E-state index in [-0.39, 0.29) is 12.2 Å². The van der Waals surface area contributed by atoms with Crippen LogP contribution >= 0.6 is 0 Å². The zero-order chi connectivity index (χ0) is 19.0. The van der Waals surface area contributed by atoms with E-state index >= 15 is 0 Å². The van der Waals surface area contributed by atoms with E-state index in [0.717, 1.165) is 0 Å². The second kappa shape index (κ2) is 9.23. The monoisotopic (exact) mass is 352 g/mol. The number of benzene rings is 1. The normalized spacial score (nSPS) is 12.7. The molecule has 0 bridgehead atoms. The van der Waals surface area contributed by atoms with Crippen LogP contribution in [0.3, 0.4) is 0 Å². The molecule has 2 atom stereocenters. The van der Waals surface area contributed by atoms with Crippen LogP contribution in [0.5, 0.6) is 5.75 Å². The predicted molar refractivity (Wildman–Crippen MR) is 86.2 cm³/mol. The Balaban J connectivity index is 2.84. The number of carbonyl (C=O) groups is 4. The first-order valence-electron chi connectivity index (χ1n) is 7.30. The molecule has 2 unspecified atom stereocenters. The quantitative estimate of drug-likeness (QED) is 0.292. The fourth-order valence-electron chi connectivity index (χ4n) is 1.95. The average Bonchev–Trinajstić information content (AvgIpc) is 2.53. The van der Waals surface area contributed by atoms with Crippen molar-refractivity contribution in [2.75, 3.05) is 6.54 Å². The smallest absolute Gasteiger partial charge is 0.322 e. The van der Waals surface area contributed by atoms with Crippen molar-refractivity contribution in [1.29, 1.82) is 0 Å². The number of rotatable bonds is 9. The standard InChI is InChI=1S/C15H20N4O6/c16-10(6-12(17)21)14(24)19-11(15(25)18-7-13(22)23)5-8-1-3-9(20)4-2-8/h1-4,10-11,20H,5-7,16H2,(H2,17,21)(H,18,25)(H,19,24)(H,22,23). The van der Waals surface area contributed by atoms with Gasteiger partial charge in [-0.1, -0.05) is 12.1 Å². The molecule has 1 aromatic rings. The molecule has 136 valence electrons. The summed E-state index contributed by atoms with van der Waals surface area (Å²) in [5.74, 6) is -3.48. The Morgan fingerprint density at radius 1 is 1.08 bits per heavy atom. The Morgan fingerprint density at radius 2 is 1.68 bits per heavy atom. The molecule has 25 heavy (non-hydrogen) atoms. The van der Waals surface area contributed by atoms with Gasteiger partial charge in [0.25, 0.3) is 0 Å². The summed E-state index contributed by atoms with van der Waals surface area (Å²) in [5.41, 5.74) is 11.1. The zero-order valence-corrected chi connectivity index (χ0v) is 13.3. The molecule has 0 saturated carbocycles. The predicted octanol–water partition coefficient (Wildman–Crippen LogP) is -2.18. The highest BCUT2D eigenvalue weighted by molar-refractivity contribution is 5.93. The minimum Gasteiger partial charge on any atom is -0.508 e. The molecule has 0 heterocycles. The van der Waals surface area contributed by atoms with E-state index in [0.29, 0.717) is 5.56 Å². The Labute approximate surface area is 143 Å². The first-order valence-corrected chi connectivity index (χ1v) is 7.30. The second-order valence-corrected chi connectivity index (χ2v) is 5.32. The zero-order valence-electron chi connectivity index (χ0n) is 13.3. The number of hydrogen-bond acceptors (Lipinski definition) is 6. The van der Waals surface area contributed by atoms with Crippen molar-refractivity contribution in [2.24, 2.45) is 11.5 Å². The molecule has 0 fully saturated rings. The van der Waals surface area contributed by atoms with Crippen molar-refractivity contribution in [3.05, 3.63) is 29.8 Å². The number of carbonyl (C=O) groups excluding carboxylic acids is 3. The van der Waals surface area contributed by atoms with Crippen molar-refractivity contribution < 1.29 is 29.4 Å². The third-order valence-electron chi connectivity index (χ3n) is 3.18. The summed E-state index contributed by atoms with van der Waals surface area (Å²) in [6.07, 6.45) is -0.366. The number of amides is 3. The van der Waals surface area contributed by atoms with Crippen molar-refractivity contribution in [3.63, 3.8) is 0 Å². The first-order chi connectivity index (χ1) is 11.7. The number of primary amides is 1. The number of phenolic OH excluding ortho intramolecular Hbond substituents is 1. The molecular formula is C15H20N4O6. The molecule has 0 saturated heterocycles. The fourth-order valence-corrected chi connectivity index (χ4v) is 1.95. The maximum atomic E-state index is 12.1. The van der Waals surface area contributed by atoms with Crippen LogP contribution in [0.2, 0.25) is 0 Å². The molecule has 3 amide bonds. The molecule has 0 radical (unpaired) electrons. The largest absolute Gasteiger partial charge is 0.508 e. The van der Waals surface area contributed by atoms with Gasteiger partial charge in [0.1, 0.15) is 18.3 Å². The average molecular weight is 352 g/mol. The maximum Gasteiger partial charge on any atom is 0.322 e. The molecule has 10 heteroatoms. The Hall–Kier alpha value is -3.14. The van der Waals surface area contributed by atoms with Crippen molar-refractivity contribution in [3.8, 4) is 5.75 Å². The highest BCUT2D eigenvalue weighted by Gasteiger charge is 2.25. The molecular weight excluding hydrogens is 332 g/mol. The van der Waals surface area contributed by atoms with Crippen LogP contribution in [0.1, 0.15) is 12.0 Å². The number of hydrogen-bond donors (Lipinski definition) is 6. The number of aliphatic carboxylic acids is 1. The van der Waals surface area contributed by atoms with Gasteiger partial charge in [0.15, 0.2) is 0 Å². The molecule has 8 N–H and O–H groups in total. The molecule has 0 aliphatic carbocycles. The van der Waals surface area contributed by atoms with Crippen LogP contribution < -0.4 is 22.1 Å². The van der Waals surface area contributed by atoms with Gasteiger partial charge < -0.3 is 32.3 Å². The van der Waals surface area contributed by atoms with Gasteiger partial charge in [0, 0.05) is 6.42 Å². The number of nitrogens with two attached hydrogens (primary N) is 2. The van der Waals surface area contributed by atoms with Crippen molar-refractivity contribution >= 4 is 23.7 Å². The minimum absolute atomic E-state index is 0.0285. The molecule has 1 rings (SSSR count). The topological polar surface area (TPSA) is 185 Å². The van der Waals surface area contributed by atoms with Gasteiger partial charge >= 0.3 is 5.97 Å². The van der Waals surface area contributed by atoms with E-state index < -0.39 is 48.7 Å². The van der Waals surface area contributed by atoms with Crippen molar-refractivity contribution in [1.82, 2.24) is 10.6 Å². The highest BCUT2D eigenvalue weighted by Crippen LogP contribution is 2.11. The van der Waals surface area contributed by atoms with Crippen LogP contribution in [0, 0.1) is 0 Å². The van der Waals surface area contributed by atoms with Crippen LogP contribution in [-0.2, 0) is 25.6 Å². The van der Waals surface area contributed by atoms with Crippen molar-refractivity contribution in [2.45, 2.75) is 24.9 Å². The third kappa shape index (κ3) is 7.31. The lowest BCUT2D eigenvalue weighted by Crippen LogP contribution is -2.53. The summed E-state index contributed by atoms with van der Waals surface area (Å²) in [4.78, 5) is 45.5. The van der Waals surface area contributed by atoms with E-state index in [4.69, 9.17) is 16.6 Å². The van der Waals surface area contributed by atoms with E-state index in [2.05, 4.69) is 10.6 Å². The van der Waals surface area contributed by atoms with Gasteiger partial charge in [-0.05, 0) is 17.7 Å². The molecule has 1 aromatic carbocycles. The van der Waals surface area contributed by atoms with E-state index in [1.54, 1.807) is 12.1 Å². The van der Waals surface area contributed by atoms with E-state index in [1.807, 2.05) is 0 Å². The highest BCUT2D eigenvalue weighted by atomic mass is 16.4. The van der Waals surface area contributed by atoms with Gasteiger partial charge in [0.2, 0.25) is 17.7 Å². The lowest BCUT2D eigenvalue weighted by atomic mass is 10.0. The van der Waals surface area contributed by atoms with Gasteiger partial charge in [-0.25, -0.2) is 0 Å². The number of aromatic hydroxyl groups is 1. The van der Waals surface area contributed by atoms with Crippen LogP contribution in [0.4, 0.5) is 0 Å². The summed E-state index contributed by atoms with van der Waals surface area (Å²) in [6.45, 7) is -0.617. The first kappa shape index (κ1) is 19.9. The molecule has 0 aromatic heterocycles. The minimum atomic E-state index is -1.24. The number of carboxylic acid groups (broad SMARTS) is 1. The lowest BCUT2D eigenvalue weighted by Gasteiger charge is -2.20. The molecule has 0 spiro atoms. The summed E-state index contributed by atoms with van der Waals surface area (Å²) in [7, 11) is 0. The van der Waals surface area contributed by atoms with Crippen LogP contribution in [-0.4, -0.2) is 52.5 Å². The van der Waals surface area contributed by atoms with Gasteiger partial charge in [-0.2, -0.15) is 0 Å². The van der Waals surface area contributed by atoms with Crippen LogP contribution in [0.25, 0.3) is 0 Å². The molecule has 0 aliphatic heterocycles. The summed E-state index contributed by atoms with van der Waals surface area (Å²) in [6, 6.07) is 3.55. The van der Waals surface area contributed by atoms with E-state index in [9.17, 15) is 24.3 Å². The number of nitrogens with one attached hydrogen (secondary N) is 2. The summed E-state index contributed by atoms with van der Waals surface area (Å²) >= 11 is 0. The van der Waals surface area contributed by atoms with E-state index in [1.165, 1.54) is 12.1 Å². The number of phenols is 1. The maximum absolute atomic E-state index is 12.1. The Bertz CT molecular complexity index is 646. The van der Waals surface area contributed by atoms with Gasteiger partial charge in [0.05, 0.1) is 12.5 Å². The molecule has 0 aliphatic rings. The second-order valence-electron chi connectivity index (χ2n) is 5.32. The molecule has 10 nitrogen and oxygen atoms in total. The lowest BCUT2D eigenvalue weighted by molar-refractivity contribution is -0.138.